The van der Waals surface area contributed by atoms with Gasteiger partial charge in [0.05, 0.1) is 4.91 Å². The summed E-state index contributed by atoms with van der Waals surface area (Å²) in [7, 11) is 0. The normalized spacial score (nSPS) is 18.2. The van der Waals surface area contributed by atoms with Gasteiger partial charge in [-0.1, -0.05) is 30.1 Å². The lowest BCUT2D eigenvalue weighted by Gasteiger charge is -2.10. The SMILES string of the molecule is C=CCN1C(=O)/C(=C/c2ccc(Br)o2)SC1=S. The second-order valence-corrected chi connectivity index (χ2v) is 5.68. The summed E-state index contributed by atoms with van der Waals surface area (Å²) < 4.78 is 6.49. The van der Waals surface area contributed by atoms with Gasteiger partial charge in [-0.05, 0) is 28.1 Å². The Hall–Kier alpha value is -0.850. The molecule has 0 N–H and O–H groups in total. The minimum Gasteiger partial charge on any atom is -0.450 e. The summed E-state index contributed by atoms with van der Waals surface area (Å²) in [5, 5.41) is 0. The van der Waals surface area contributed by atoms with Crippen molar-refractivity contribution in [1.82, 2.24) is 4.90 Å². The first-order valence-corrected chi connectivity index (χ1v) is 6.75. The van der Waals surface area contributed by atoms with Crippen molar-refractivity contribution in [3.63, 3.8) is 0 Å². The number of nitrogens with zero attached hydrogens (tertiary/aromatic N) is 1. The zero-order valence-electron chi connectivity index (χ0n) is 8.68. The number of hydrogen-bond acceptors (Lipinski definition) is 4. The predicted molar refractivity (Wildman–Crippen MR) is 76.5 cm³/mol. The molecule has 88 valence electrons. The maximum absolute atomic E-state index is 12.0. The van der Waals surface area contributed by atoms with E-state index >= 15 is 0 Å². The first-order valence-electron chi connectivity index (χ1n) is 4.73. The van der Waals surface area contributed by atoms with Gasteiger partial charge in [0.25, 0.3) is 5.91 Å². The van der Waals surface area contributed by atoms with Crippen LogP contribution in [0.25, 0.3) is 6.08 Å². The molecule has 1 fully saturated rings. The first kappa shape index (κ1) is 12.6. The fourth-order valence-corrected chi connectivity index (χ4v) is 2.90. The monoisotopic (exact) mass is 329 g/mol. The maximum Gasteiger partial charge on any atom is 0.266 e. The second-order valence-electron chi connectivity index (χ2n) is 3.22. The van der Waals surface area contributed by atoms with E-state index in [9.17, 15) is 4.79 Å². The van der Waals surface area contributed by atoms with E-state index in [1.165, 1.54) is 16.7 Å². The van der Waals surface area contributed by atoms with Crippen molar-refractivity contribution >= 4 is 56.2 Å². The Morgan fingerprint density at radius 2 is 2.35 bits per heavy atom. The third kappa shape index (κ3) is 2.70. The number of hydrogen-bond donors (Lipinski definition) is 0. The van der Waals surface area contributed by atoms with Crippen LogP contribution in [0.3, 0.4) is 0 Å². The van der Waals surface area contributed by atoms with E-state index in [1.54, 1.807) is 24.3 Å². The third-order valence-electron chi connectivity index (χ3n) is 2.05. The van der Waals surface area contributed by atoms with Crippen LogP contribution in [0.4, 0.5) is 0 Å². The molecule has 0 aromatic carbocycles. The number of thioether (sulfide) groups is 1. The van der Waals surface area contributed by atoms with Crippen molar-refractivity contribution in [2.45, 2.75) is 0 Å². The van der Waals surface area contributed by atoms with E-state index in [4.69, 9.17) is 16.6 Å². The molecule has 6 heteroatoms. The molecule has 0 radical (unpaired) electrons. The molecule has 17 heavy (non-hydrogen) atoms. The van der Waals surface area contributed by atoms with Gasteiger partial charge >= 0.3 is 0 Å². The van der Waals surface area contributed by atoms with Crippen LogP contribution < -0.4 is 0 Å². The second kappa shape index (κ2) is 5.20. The molecule has 1 aliphatic rings. The molecule has 1 aliphatic heterocycles. The molecule has 0 atom stereocenters. The van der Waals surface area contributed by atoms with E-state index in [0.29, 0.717) is 26.2 Å². The van der Waals surface area contributed by atoms with Crippen LogP contribution in [0, 0.1) is 0 Å². The van der Waals surface area contributed by atoms with Crippen LogP contribution in [0.15, 0.2) is 38.8 Å². The predicted octanol–water partition coefficient (Wildman–Crippen LogP) is 3.43. The van der Waals surface area contributed by atoms with E-state index < -0.39 is 0 Å². The summed E-state index contributed by atoms with van der Waals surface area (Å²) >= 11 is 9.60. The summed E-state index contributed by atoms with van der Waals surface area (Å²) in [5.74, 6) is 0.517. The van der Waals surface area contributed by atoms with Gasteiger partial charge in [0.15, 0.2) is 4.67 Å². The van der Waals surface area contributed by atoms with Crippen LogP contribution in [0.2, 0.25) is 0 Å². The number of halogens is 1. The number of carbonyl (C=O) groups excluding carboxylic acids is 1. The smallest absolute Gasteiger partial charge is 0.266 e. The minimum atomic E-state index is -0.104. The summed E-state index contributed by atoms with van der Waals surface area (Å²) in [5.41, 5.74) is 0. The topological polar surface area (TPSA) is 33.5 Å². The Kier molecular flexibility index (Phi) is 3.86. The number of thiocarbonyl (C=S) groups is 1. The van der Waals surface area contributed by atoms with Crippen molar-refractivity contribution in [1.29, 1.82) is 0 Å². The highest BCUT2D eigenvalue weighted by Crippen LogP contribution is 2.32. The fourth-order valence-electron chi connectivity index (χ4n) is 1.32. The van der Waals surface area contributed by atoms with Crippen molar-refractivity contribution in [3.8, 4) is 0 Å². The molecule has 0 aliphatic carbocycles. The van der Waals surface area contributed by atoms with Gasteiger partial charge in [-0.25, -0.2) is 0 Å². The standard InChI is InChI=1S/C11H8BrNO2S2/c1-2-5-13-10(14)8(17-11(13)16)6-7-3-4-9(12)15-7/h2-4,6H,1,5H2/b8-6-. The maximum atomic E-state index is 12.0. The summed E-state index contributed by atoms with van der Waals surface area (Å²) in [6.45, 7) is 4.03. The highest BCUT2D eigenvalue weighted by Gasteiger charge is 2.31. The van der Waals surface area contributed by atoms with Gasteiger partial charge in [-0.3, -0.25) is 9.69 Å². The van der Waals surface area contributed by atoms with E-state index in [2.05, 4.69) is 22.5 Å². The molecule has 2 rings (SSSR count). The zero-order valence-corrected chi connectivity index (χ0v) is 11.9. The molecule has 0 unspecified atom stereocenters. The van der Waals surface area contributed by atoms with Crippen LogP contribution in [-0.2, 0) is 4.79 Å². The van der Waals surface area contributed by atoms with Gasteiger partial charge in [0.1, 0.15) is 10.1 Å². The van der Waals surface area contributed by atoms with Crippen molar-refractivity contribution in [2.75, 3.05) is 6.54 Å². The summed E-state index contributed by atoms with van der Waals surface area (Å²) in [6.07, 6.45) is 3.34. The van der Waals surface area contributed by atoms with Crippen molar-refractivity contribution < 1.29 is 9.21 Å². The number of amides is 1. The van der Waals surface area contributed by atoms with Crippen molar-refractivity contribution in [3.05, 3.63) is 40.1 Å². The molecule has 2 heterocycles. The molecule has 1 aromatic rings. The molecule has 1 amide bonds. The zero-order chi connectivity index (χ0) is 12.4. The van der Waals surface area contributed by atoms with Crippen LogP contribution in [0.1, 0.15) is 5.76 Å². The van der Waals surface area contributed by atoms with Gasteiger partial charge in [0, 0.05) is 12.6 Å². The number of rotatable bonds is 3. The molecular weight excluding hydrogens is 322 g/mol. The van der Waals surface area contributed by atoms with Crippen LogP contribution >= 0.6 is 39.9 Å². The summed E-state index contributed by atoms with van der Waals surface area (Å²) in [4.78, 5) is 14.0. The van der Waals surface area contributed by atoms with Crippen molar-refractivity contribution in [2.24, 2.45) is 0 Å². The van der Waals surface area contributed by atoms with Gasteiger partial charge in [0.2, 0.25) is 0 Å². The first-order chi connectivity index (χ1) is 8.11. The quantitative estimate of drug-likeness (QED) is 0.483. The number of furan rings is 1. The van der Waals surface area contributed by atoms with E-state index in [0.717, 1.165) is 0 Å². The fraction of sp³-hybridized carbons (Fsp3) is 0.0909. The van der Waals surface area contributed by atoms with Gasteiger partial charge in [-0.2, -0.15) is 0 Å². The summed E-state index contributed by atoms with van der Waals surface area (Å²) in [6, 6.07) is 3.56. The molecule has 3 nitrogen and oxygen atoms in total. The largest absolute Gasteiger partial charge is 0.450 e. The highest BCUT2D eigenvalue weighted by atomic mass is 79.9. The van der Waals surface area contributed by atoms with E-state index in [1.807, 2.05) is 0 Å². The highest BCUT2D eigenvalue weighted by molar-refractivity contribution is 9.10. The Morgan fingerprint density at radius 3 is 2.94 bits per heavy atom. The molecule has 1 aromatic heterocycles. The Balaban J connectivity index is 2.24. The number of carbonyl (C=O) groups is 1. The lowest BCUT2D eigenvalue weighted by atomic mass is 10.3. The Labute approximate surface area is 117 Å². The van der Waals surface area contributed by atoms with E-state index in [-0.39, 0.29) is 5.91 Å². The molecule has 0 bridgehead atoms. The third-order valence-corrected chi connectivity index (χ3v) is 3.86. The van der Waals surface area contributed by atoms with Gasteiger partial charge in [-0.15, -0.1) is 6.58 Å². The molecular formula is C11H8BrNO2S2. The van der Waals surface area contributed by atoms with Crippen LogP contribution in [-0.4, -0.2) is 21.7 Å². The molecule has 0 spiro atoms. The van der Waals surface area contributed by atoms with Gasteiger partial charge < -0.3 is 4.42 Å². The molecule has 0 saturated carbocycles. The lowest BCUT2D eigenvalue weighted by molar-refractivity contribution is -0.121. The average molecular weight is 330 g/mol. The van der Waals surface area contributed by atoms with Crippen LogP contribution in [0.5, 0.6) is 0 Å². The Morgan fingerprint density at radius 1 is 1.59 bits per heavy atom. The average Bonchev–Trinajstić information content (AvgIpc) is 2.79. The lowest BCUT2D eigenvalue weighted by Crippen LogP contribution is -2.27. The Bertz CT molecular complexity index is 521. The molecule has 1 saturated heterocycles. The minimum absolute atomic E-state index is 0.104.